The zero-order valence-electron chi connectivity index (χ0n) is 30.8. The Labute approximate surface area is 318 Å². The first-order chi connectivity index (χ1) is 26.5. The monoisotopic (exact) mass is 694 g/mol. The van der Waals surface area contributed by atoms with E-state index in [2.05, 4.69) is 224 Å². The predicted molar refractivity (Wildman–Crippen MR) is 230 cm³/mol. The number of aromatic nitrogens is 1. The maximum atomic E-state index is 4.51. The third-order valence-electron chi connectivity index (χ3n) is 11.1. The molecule has 0 radical (unpaired) electrons. The molecule has 8 aromatic rings. The van der Waals surface area contributed by atoms with Gasteiger partial charge in [-0.3, -0.25) is 0 Å². The van der Waals surface area contributed by atoms with Crippen LogP contribution in [0.4, 0.5) is 11.4 Å². The molecule has 0 aliphatic heterocycles. The Morgan fingerprint density at radius 3 is 2.06 bits per heavy atom. The van der Waals surface area contributed by atoms with Gasteiger partial charge in [-0.05, 0) is 93.6 Å². The highest BCUT2D eigenvalue weighted by atomic mass is 15.1. The van der Waals surface area contributed by atoms with E-state index in [-0.39, 0.29) is 5.41 Å². The van der Waals surface area contributed by atoms with Crippen molar-refractivity contribution in [1.82, 2.24) is 4.57 Å². The number of benzene rings is 7. The molecule has 0 fully saturated rings. The third kappa shape index (κ3) is 5.87. The fourth-order valence-corrected chi connectivity index (χ4v) is 8.19. The number of rotatable bonds is 6. The van der Waals surface area contributed by atoms with Gasteiger partial charge in [0.2, 0.25) is 0 Å². The molecule has 0 N–H and O–H groups in total. The Balaban J connectivity index is 1.20. The van der Waals surface area contributed by atoms with E-state index in [1.165, 1.54) is 60.9 Å². The smallest absolute Gasteiger partial charge is 0.0547 e. The summed E-state index contributed by atoms with van der Waals surface area (Å²) in [5.74, 6) is 0. The molecule has 1 aromatic heterocycles. The van der Waals surface area contributed by atoms with Crippen molar-refractivity contribution in [2.75, 3.05) is 4.90 Å². The largest absolute Gasteiger partial charge is 0.314 e. The zero-order chi connectivity index (χ0) is 36.6. The average Bonchev–Trinajstić information content (AvgIpc) is 3.58. The maximum Gasteiger partial charge on any atom is 0.0547 e. The van der Waals surface area contributed by atoms with Crippen LogP contribution in [0, 0.1) is 0 Å². The Morgan fingerprint density at radius 2 is 1.24 bits per heavy atom. The number of fused-ring (bicyclic) bond motifs is 4. The van der Waals surface area contributed by atoms with Crippen molar-refractivity contribution in [1.29, 1.82) is 0 Å². The Bertz CT molecular complexity index is 2710. The summed E-state index contributed by atoms with van der Waals surface area (Å²) in [6.07, 6.45) is 7.39. The molecule has 1 aliphatic carbocycles. The van der Waals surface area contributed by atoms with Crippen LogP contribution in [0.5, 0.6) is 0 Å². The number of hydrogen-bond donors (Lipinski definition) is 0. The van der Waals surface area contributed by atoms with E-state index < -0.39 is 0 Å². The van der Waals surface area contributed by atoms with Crippen LogP contribution >= 0.6 is 0 Å². The second kappa shape index (κ2) is 13.7. The first-order valence-corrected chi connectivity index (χ1v) is 18.8. The SMILES string of the molecule is C=C1/C=C\C=C(\N(c2ccc(-c3cccc4c3c3ccccc3n4-c3ccccc3)cc2)c2cccc(-c3ccccc3)c2)Cc2ccccc2C1(C)C. The van der Waals surface area contributed by atoms with Crippen molar-refractivity contribution >= 4 is 33.2 Å². The molecular formula is C52H42N2. The standard InChI is InChI=1S/C52H42N2/c1-37-17-14-24-45(36-41-20-10-12-28-48(41)52(37,2)3)53(44-25-15-21-40(35-44)38-18-6-4-7-19-38)43-33-31-39(32-34-43)46-27-16-30-50-51(46)47-26-11-13-29-49(47)54(50)42-22-8-5-9-23-42/h4-35H,1,36H2,2-3H3/b17-14-,45-24+. The topological polar surface area (TPSA) is 8.17 Å². The molecule has 54 heavy (non-hydrogen) atoms. The van der Waals surface area contributed by atoms with Crippen LogP contribution in [-0.4, -0.2) is 4.57 Å². The van der Waals surface area contributed by atoms with Crippen LogP contribution in [0.1, 0.15) is 25.0 Å². The van der Waals surface area contributed by atoms with Gasteiger partial charge in [0.15, 0.2) is 0 Å². The zero-order valence-corrected chi connectivity index (χ0v) is 30.8. The predicted octanol–water partition coefficient (Wildman–Crippen LogP) is 13.8. The Morgan fingerprint density at radius 1 is 0.574 bits per heavy atom. The maximum absolute atomic E-state index is 4.51. The Hall–Kier alpha value is -6.64. The van der Waals surface area contributed by atoms with Crippen LogP contribution < -0.4 is 4.90 Å². The van der Waals surface area contributed by atoms with Crippen molar-refractivity contribution < 1.29 is 0 Å². The molecule has 0 unspecified atom stereocenters. The molecule has 0 atom stereocenters. The van der Waals surface area contributed by atoms with Crippen LogP contribution in [0.2, 0.25) is 0 Å². The quantitative estimate of drug-likeness (QED) is 0.168. The lowest BCUT2D eigenvalue weighted by Crippen LogP contribution is -2.22. The highest BCUT2D eigenvalue weighted by Gasteiger charge is 2.27. The first-order valence-electron chi connectivity index (χ1n) is 18.8. The summed E-state index contributed by atoms with van der Waals surface area (Å²) in [6.45, 7) is 9.06. The van der Waals surface area contributed by atoms with Crippen LogP contribution in [-0.2, 0) is 11.8 Å². The fourth-order valence-electron chi connectivity index (χ4n) is 8.19. The molecular weight excluding hydrogens is 653 g/mol. The van der Waals surface area contributed by atoms with Gasteiger partial charge in [0.25, 0.3) is 0 Å². The van der Waals surface area contributed by atoms with Gasteiger partial charge in [0.1, 0.15) is 0 Å². The first kappa shape index (κ1) is 33.2. The minimum atomic E-state index is -0.194. The van der Waals surface area contributed by atoms with E-state index >= 15 is 0 Å². The molecule has 0 spiro atoms. The van der Waals surface area contributed by atoms with E-state index in [1.807, 2.05) is 0 Å². The van der Waals surface area contributed by atoms with Gasteiger partial charge in [0.05, 0.1) is 11.0 Å². The lowest BCUT2D eigenvalue weighted by atomic mass is 9.75. The summed E-state index contributed by atoms with van der Waals surface area (Å²) in [7, 11) is 0. The molecule has 9 rings (SSSR count). The summed E-state index contributed by atoms with van der Waals surface area (Å²) >= 11 is 0. The molecule has 1 aliphatic rings. The highest BCUT2D eigenvalue weighted by molar-refractivity contribution is 6.15. The lowest BCUT2D eigenvalue weighted by Gasteiger charge is -2.31. The van der Waals surface area contributed by atoms with Gasteiger partial charge >= 0.3 is 0 Å². The molecule has 0 saturated heterocycles. The molecule has 1 heterocycles. The van der Waals surface area contributed by atoms with Gasteiger partial charge in [-0.1, -0.05) is 160 Å². The number of hydrogen-bond acceptors (Lipinski definition) is 1. The van der Waals surface area contributed by atoms with Crippen molar-refractivity contribution in [3.8, 4) is 27.9 Å². The van der Waals surface area contributed by atoms with Crippen molar-refractivity contribution in [2.45, 2.75) is 25.7 Å². The van der Waals surface area contributed by atoms with E-state index in [1.54, 1.807) is 0 Å². The molecule has 260 valence electrons. The van der Waals surface area contributed by atoms with Gasteiger partial charge < -0.3 is 9.47 Å². The summed E-state index contributed by atoms with van der Waals surface area (Å²) in [6, 6.07) is 63.7. The van der Waals surface area contributed by atoms with E-state index in [0.29, 0.717) is 0 Å². The second-order valence-corrected chi connectivity index (χ2v) is 14.7. The second-order valence-electron chi connectivity index (χ2n) is 14.7. The molecule has 0 bridgehead atoms. The van der Waals surface area contributed by atoms with Gasteiger partial charge in [-0.15, -0.1) is 0 Å². The van der Waals surface area contributed by atoms with Crippen LogP contribution in [0.3, 0.4) is 0 Å². The number of anilines is 2. The Kier molecular flexibility index (Phi) is 8.44. The third-order valence-corrected chi connectivity index (χ3v) is 11.1. The average molecular weight is 695 g/mol. The number of para-hydroxylation sites is 2. The molecule has 2 heteroatoms. The number of nitrogens with zero attached hydrogens (tertiary/aromatic N) is 2. The van der Waals surface area contributed by atoms with Crippen molar-refractivity contribution in [3.63, 3.8) is 0 Å². The molecule has 0 saturated carbocycles. The van der Waals surface area contributed by atoms with Crippen molar-refractivity contribution in [2.24, 2.45) is 0 Å². The van der Waals surface area contributed by atoms with Crippen LogP contribution in [0.25, 0.3) is 49.7 Å². The summed E-state index contributed by atoms with van der Waals surface area (Å²) in [5.41, 5.74) is 15.3. The lowest BCUT2D eigenvalue weighted by molar-refractivity contribution is 0.634. The summed E-state index contributed by atoms with van der Waals surface area (Å²) < 4.78 is 2.38. The minimum Gasteiger partial charge on any atom is -0.314 e. The van der Waals surface area contributed by atoms with Crippen molar-refractivity contribution in [3.05, 3.63) is 223 Å². The minimum absolute atomic E-state index is 0.194. The van der Waals surface area contributed by atoms with Crippen LogP contribution in [0.15, 0.2) is 212 Å². The molecule has 0 amide bonds. The van der Waals surface area contributed by atoms with Gasteiger partial charge in [-0.25, -0.2) is 0 Å². The number of allylic oxidation sites excluding steroid dienone is 5. The van der Waals surface area contributed by atoms with Gasteiger partial charge in [-0.2, -0.15) is 0 Å². The normalized spacial score (nSPS) is 15.4. The fraction of sp³-hybridized carbons (Fsp3) is 0.0769. The van der Waals surface area contributed by atoms with E-state index in [9.17, 15) is 0 Å². The highest BCUT2D eigenvalue weighted by Crippen LogP contribution is 2.42. The summed E-state index contributed by atoms with van der Waals surface area (Å²) in [5, 5.41) is 2.52. The van der Waals surface area contributed by atoms with Gasteiger partial charge in [0, 0.05) is 45.4 Å². The molecule has 7 aromatic carbocycles. The molecule has 2 nitrogen and oxygen atoms in total. The van der Waals surface area contributed by atoms with E-state index in [0.717, 1.165) is 29.1 Å². The van der Waals surface area contributed by atoms with E-state index in [4.69, 9.17) is 0 Å². The summed E-state index contributed by atoms with van der Waals surface area (Å²) in [4.78, 5) is 2.43.